The number of rotatable bonds is 4. The molecule has 3 aromatic rings. The van der Waals surface area contributed by atoms with Gasteiger partial charge in [-0.2, -0.15) is 0 Å². The number of carbonyl (C=O) groups excluding carboxylic acids is 3. The Labute approximate surface area is 220 Å². The number of hydrogen-bond acceptors (Lipinski definition) is 4. The van der Waals surface area contributed by atoms with E-state index in [0.717, 1.165) is 27.6 Å². The Morgan fingerprint density at radius 2 is 1.95 bits per heavy atom. The third-order valence-corrected chi connectivity index (χ3v) is 7.29. The van der Waals surface area contributed by atoms with E-state index in [1.807, 2.05) is 62.4 Å². The zero-order chi connectivity index (χ0) is 26.1. The summed E-state index contributed by atoms with van der Waals surface area (Å²) in [4.78, 5) is 44.2. The van der Waals surface area contributed by atoms with Crippen molar-refractivity contribution in [1.29, 1.82) is 0 Å². The van der Waals surface area contributed by atoms with E-state index >= 15 is 0 Å². The van der Waals surface area contributed by atoms with Crippen molar-refractivity contribution in [2.24, 2.45) is 11.8 Å². The van der Waals surface area contributed by atoms with Gasteiger partial charge >= 0.3 is 5.91 Å². The Bertz CT molecular complexity index is 1470. The molecule has 8 heteroatoms. The number of nitrogens with two attached hydrogens (primary N) is 1. The van der Waals surface area contributed by atoms with Crippen LogP contribution in [0.25, 0.3) is 22.0 Å². The van der Waals surface area contributed by atoms with Gasteiger partial charge in [-0.15, -0.1) is 0 Å². The molecule has 1 fully saturated rings. The van der Waals surface area contributed by atoms with Crippen LogP contribution in [-0.2, 0) is 14.4 Å². The van der Waals surface area contributed by atoms with Crippen molar-refractivity contribution in [2.45, 2.75) is 13.8 Å². The van der Waals surface area contributed by atoms with Crippen molar-refractivity contribution in [1.82, 2.24) is 9.88 Å². The van der Waals surface area contributed by atoms with Gasteiger partial charge in [0.15, 0.2) is 0 Å². The Morgan fingerprint density at radius 3 is 2.76 bits per heavy atom. The summed E-state index contributed by atoms with van der Waals surface area (Å²) < 4.78 is 0. The van der Waals surface area contributed by atoms with E-state index in [1.54, 1.807) is 28.6 Å². The maximum atomic E-state index is 13.2. The van der Waals surface area contributed by atoms with Crippen LogP contribution in [0.1, 0.15) is 12.5 Å². The molecule has 0 saturated carbocycles. The minimum absolute atomic E-state index is 0.0510. The van der Waals surface area contributed by atoms with Crippen molar-refractivity contribution >= 4 is 45.8 Å². The van der Waals surface area contributed by atoms with Gasteiger partial charge in [0.2, 0.25) is 5.91 Å². The van der Waals surface area contributed by atoms with Crippen LogP contribution in [0.15, 0.2) is 77.5 Å². The number of piperazine rings is 1. The van der Waals surface area contributed by atoms with E-state index < -0.39 is 5.92 Å². The quantitative estimate of drug-likeness (QED) is 0.556. The van der Waals surface area contributed by atoms with E-state index in [1.165, 1.54) is 0 Å². The lowest BCUT2D eigenvalue weighted by Gasteiger charge is -2.30. The fourth-order valence-electron chi connectivity index (χ4n) is 4.93. The van der Waals surface area contributed by atoms with Crippen LogP contribution >= 0.6 is 11.6 Å². The topological polar surface area (TPSA) is 96.0 Å². The molecular formula is C29H28ClN4O3+. The molecule has 0 radical (unpaired) electrons. The molecule has 1 unspecified atom stereocenters. The second-order valence-electron chi connectivity index (χ2n) is 9.56. The largest absolute Gasteiger partial charge is 0.329 e. The van der Waals surface area contributed by atoms with Crippen LogP contribution in [0.2, 0.25) is 0 Å². The summed E-state index contributed by atoms with van der Waals surface area (Å²) in [5, 5.41) is 6.93. The predicted molar refractivity (Wildman–Crippen MR) is 144 cm³/mol. The van der Waals surface area contributed by atoms with Crippen LogP contribution < -0.4 is 10.6 Å². The molecular weight excluding hydrogens is 488 g/mol. The van der Waals surface area contributed by atoms with Crippen LogP contribution in [0.4, 0.5) is 5.69 Å². The van der Waals surface area contributed by atoms with Gasteiger partial charge in [-0.3, -0.25) is 19.9 Å². The van der Waals surface area contributed by atoms with Gasteiger partial charge in [0.1, 0.15) is 13.1 Å². The second-order valence-corrected chi connectivity index (χ2v) is 9.97. The Balaban J connectivity index is 1.36. The number of anilines is 1. The number of hydrogen-bond donors (Lipinski definition) is 2. The molecule has 37 heavy (non-hydrogen) atoms. The molecule has 7 nitrogen and oxygen atoms in total. The lowest BCUT2D eigenvalue weighted by atomic mass is 9.85. The van der Waals surface area contributed by atoms with E-state index in [2.05, 4.69) is 10.3 Å². The number of quaternary nitrogens is 1. The molecule has 3 amide bonds. The summed E-state index contributed by atoms with van der Waals surface area (Å²) in [6.07, 6.45) is 5.16. The molecule has 0 spiro atoms. The summed E-state index contributed by atoms with van der Waals surface area (Å²) in [7, 11) is 0. The SMILES string of the molecule is Cc1ccc(NC(=O)C2=C[C@@H](C)C(C(=O)N3CC[NH2+]C(=O)C3)C=C2Cl)cc1-c1nccc2ccccc12. The van der Waals surface area contributed by atoms with Crippen molar-refractivity contribution in [3.8, 4) is 11.3 Å². The molecule has 188 valence electrons. The Morgan fingerprint density at radius 1 is 1.14 bits per heavy atom. The number of allylic oxidation sites excluding steroid dienone is 1. The number of halogens is 1. The molecule has 3 N–H and O–H groups in total. The third kappa shape index (κ3) is 5.05. The molecule has 2 heterocycles. The van der Waals surface area contributed by atoms with Crippen molar-refractivity contribution in [2.75, 3.05) is 25.0 Å². The highest BCUT2D eigenvalue weighted by atomic mass is 35.5. The molecule has 5 rings (SSSR count). The Hall–Kier alpha value is -3.81. The first-order chi connectivity index (χ1) is 17.8. The van der Waals surface area contributed by atoms with Gasteiger partial charge in [0.25, 0.3) is 5.91 Å². The standard InChI is InChI=1S/C29H27ClN4O3/c1-17-7-8-20(14-22(17)27-21-6-4-3-5-19(21)9-10-32-27)33-28(36)24-13-18(2)23(15-25(24)30)29(37)34-12-11-31-26(35)16-34/h3-10,13-15,18,23H,11-12,16H2,1-2H3,(H,31,35)(H,33,36)/p+1/t18-,23?/m1/s1. The van der Waals surface area contributed by atoms with Gasteiger partial charge < -0.3 is 10.2 Å². The molecule has 0 bridgehead atoms. The first-order valence-corrected chi connectivity index (χ1v) is 12.7. The molecule has 1 aliphatic heterocycles. The number of nitrogens with one attached hydrogen (secondary N) is 1. The molecule has 1 aromatic heterocycles. The molecule has 2 aliphatic rings. The number of nitrogens with zero attached hydrogens (tertiary/aromatic N) is 2. The normalized spacial score (nSPS) is 19.9. The predicted octanol–water partition coefficient (Wildman–Crippen LogP) is 3.40. The van der Waals surface area contributed by atoms with Gasteiger partial charge in [-0.1, -0.05) is 61.0 Å². The molecule has 1 saturated heterocycles. The highest BCUT2D eigenvalue weighted by Crippen LogP contribution is 2.34. The van der Waals surface area contributed by atoms with Crippen LogP contribution in [0, 0.1) is 18.8 Å². The van der Waals surface area contributed by atoms with Crippen molar-refractivity contribution < 1.29 is 19.7 Å². The zero-order valence-corrected chi connectivity index (χ0v) is 21.5. The van der Waals surface area contributed by atoms with E-state index in [4.69, 9.17) is 11.6 Å². The van der Waals surface area contributed by atoms with E-state index in [9.17, 15) is 14.4 Å². The number of carbonyl (C=O) groups is 3. The first kappa shape index (κ1) is 24.9. The summed E-state index contributed by atoms with van der Waals surface area (Å²) in [6, 6.07) is 15.8. The summed E-state index contributed by atoms with van der Waals surface area (Å²) in [6.45, 7) is 5.05. The monoisotopic (exact) mass is 515 g/mol. The Kier molecular flexibility index (Phi) is 6.91. The number of aromatic nitrogens is 1. The lowest BCUT2D eigenvalue weighted by molar-refractivity contribution is -0.575. The summed E-state index contributed by atoms with van der Waals surface area (Å²) >= 11 is 6.51. The smallest absolute Gasteiger partial charge is 0.323 e. The van der Waals surface area contributed by atoms with E-state index in [-0.39, 0.29) is 35.2 Å². The molecule has 2 aromatic carbocycles. The maximum Gasteiger partial charge on any atom is 0.329 e. The zero-order valence-electron chi connectivity index (χ0n) is 20.7. The number of aryl methyl sites for hydroxylation is 1. The fraction of sp³-hybridized carbons (Fsp3) is 0.241. The fourth-order valence-corrected chi connectivity index (χ4v) is 5.21. The lowest BCUT2D eigenvalue weighted by Crippen LogP contribution is -2.93. The number of pyridine rings is 1. The average Bonchev–Trinajstić information content (AvgIpc) is 2.90. The highest BCUT2D eigenvalue weighted by molar-refractivity contribution is 6.36. The van der Waals surface area contributed by atoms with Crippen molar-refractivity contribution in [3.05, 3.63) is 83.0 Å². The number of benzene rings is 2. The minimum atomic E-state index is -0.515. The highest BCUT2D eigenvalue weighted by Gasteiger charge is 2.34. The molecule has 2 atom stereocenters. The van der Waals surface area contributed by atoms with Crippen LogP contribution in [0.3, 0.4) is 0 Å². The van der Waals surface area contributed by atoms with Gasteiger partial charge in [0.05, 0.1) is 23.7 Å². The third-order valence-electron chi connectivity index (χ3n) is 6.96. The number of amides is 3. The first-order valence-electron chi connectivity index (χ1n) is 12.3. The second kappa shape index (κ2) is 10.3. The van der Waals surface area contributed by atoms with Crippen molar-refractivity contribution in [3.63, 3.8) is 0 Å². The average molecular weight is 516 g/mol. The minimum Gasteiger partial charge on any atom is -0.323 e. The number of primary amides is 1. The summed E-state index contributed by atoms with van der Waals surface area (Å²) in [5.74, 6) is -1.30. The maximum absolute atomic E-state index is 13.2. The van der Waals surface area contributed by atoms with Gasteiger partial charge in [-0.05, 0) is 42.0 Å². The van der Waals surface area contributed by atoms with Crippen LogP contribution in [0.5, 0.6) is 0 Å². The van der Waals surface area contributed by atoms with Gasteiger partial charge in [0, 0.05) is 27.9 Å². The number of fused-ring (bicyclic) bond motifs is 1. The summed E-state index contributed by atoms with van der Waals surface area (Å²) in [5.41, 5.74) is 3.78. The van der Waals surface area contributed by atoms with Gasteiger partial charge in [-0.25, -0.2) is 4.79 Å². The molecule has 1 aliphatic carbocycles. The van der Waals surface area contributed by atoms with E-state index in [0.29, 0.717) is 24.4 Å². The van der Waals surface area contributed by atoms with Crippen LogP contribution in [-0.4, -0.2) is 47.2 Å².